The number of carbonyl (C=O) groups is 2. The van der Waals surface area contributed by atoms with E-state index in [0.717, 1.165) is 25.7 Å². The average molecular weight is 285 g/mol. The van der Waals surface area contributed by atoms with E-state index in [-0.39, 0.29) is 24.6 Å². The Kier molecular flexibility index (Phi) is 6.26. The number of hydrogen-bond acceptors (Lipinski definition) is 4. The molecule has 1 aliphatic carbocycles. The van der Waals surface area contributed by atoms with Crippen LogP contribution < -0.4 is 16.4 Å². The van der Waals surface area contributed by atoms with Crippen molar-refractivity contribution in [1.29, 1.82) is 0 Å². The van der Waals surface area contributed by atoms with Crippen molar-refractivity contribution < 1.29 is 14.3 Å². The highest BCUT2D eigenvalue weighted by atomic mass is 16.6. The van der Waals surface area contributed by atoms with Crippen molar-refractivity contribution in [3.63, 3.8) is 0 Å². The minimum atomic E-state index is -0.464. The van der Waals surface area contributed by atoms with Gasteiger partial charge in [-0.05, 0) is 52.4 Å². The largest absolute Gasteiger partial charge is 0.444 e. The number of rotatable bonds is 4. The Hall–Kier alpha value is -1.30. The SMILES string of the molecule is CC(C)(C)OC(=O)NCC1CCC(NC(=O)CN)CC1. The number of alkyl carbamates (subject to hydrolysis) is 1. The van der Waals surface area contributed by atoms with E-state index in [1.807, 2.05) is 20.8 Å². The molecule has 4 N–H and O–H groups in total. The van der Waals surface area contributed by atoms with Crippen LogP contribution in [0.3, 0.4) is 0 Å². The molecule has 0 aromatic rings. The van der Waals surface area contributed by atoms with Gasteiger partial charge in [-0.1, -0.05) is 0 Å². The van der Waals surface area contributed by atoms with Crippen LogP contribution in [0.5, 0.6) is 0 Å². The maximum atomic E-state index is 11.5. The zero-order valence-electron chi connectivity index (χ0n) is 12.7. The molecule has 1 fully saturated rings. The molecule has 0 spiro atoms. The summed E-state index contributed by atoms with van der Waals surface area (Å²) in [5, 5.41) is 5.72. The lowest BCUT2D eigenvalue weighted by Crippen LogP contribution is -2.42. The van der Waals surface area contributed by atoms with Crippen molar-refractivity contribution in [3.8, 4) is 0 Å². The van der Waals surface area contributed by atoms with Crippen LogP contribution in [0, 0.1) is 5.92 Å². The van der Waals surface area contributed by atoms with Gasteiger partial charge in [0.2, 0.25) is 5.91 Å². The lowest BCUT2D eigenvalue weighted by Gasteiger charge is -2.29. The summed E-state index contributed by atoms with van der Waals surface area (Å²) in [4.78, 5) is 22.7. The lowest BCUT2D eigenvalue weighted by molar-refractivity contribution is -0.120. The summed E-state index contributed by atoms with van der Waals surface area (Å²) in [7, 11) is 0. The zero-order chi connectivity index (χ0) is 15.2. The maximum Gasteiger partial charge on any atom is 0.407 e. The topological polar surface area (TPSA) is 93.5 Å². The van der Waals surface area contributed by atoms with Gasteiger partial charge in [0.15, 0.2) is 0 Å². The Labute approximate surface area is 120 Å². The molecule has 0 aromatic heterocycles. The molecule has 116 valence electrons. The third kappa shape index (κ3) is 6.75. The van der Waals surface area contributed by atoms with Crippen molar-refractivity contribution in [3.05, 3.63) is 0 Å². The molecule has 1 saturated carbocycles. The number of amides is 2. The lowest BCUT2D eigenvalue weighted by atomic mass is 9.86. The van der Waals surface area contributed by atoms with E-state index >= 15 is 0 Å². The summed E-state index contributed by atoms with van der Waals surface area (Å²) in [6, 6.07) is 0.226. The first-order valence-electron chi connectivity index (χ1n) is 7.26. The van der Waals surface area contributed by atoms with Crippen LogP contribution in [0.1, 0.15) is 46.5 Å². The Morgan fingerprint density at radius 1 is 1.20 bits per heavy atom. The number of hydrogen-bond donors (Lipinski definition) is 3. The summed E-state index contributed by atoms with van der Waals surface area (Å²) in [5.41, 5.74) is 4.81. The van der Waals surface area contributed by atoms with Crippen molar-refractivity contribution in [2.75, 3.05) is 13.1 Å². The molecule has 0 atom stereocenters. The van der Waals surface area contributed by atoms with Gasteiger partial charge in [0.05, 0.1) is 6.54 Å². The monoisotopic (exact) mass is 285 g/mol. The summed E-state index contributed by atoms with van der Waals surface area (Å²) in [6.45, 7) is 6.21. The van der Waals surface area contributed by atoms with Crippen LogP contribution in [0.25, 0.3) is 0 Å². The molecule has 0 aliphatic heterocycles. The van der Waals surface area contributed by atoms with Crippen LogP contribution in [0.2, 0.25) is 0 Å². The standard InChI is InChI=1S/C14H27N3O3/c1-14(2,3)20-13(19)16-9-10-4-6-11(7-5-10)17-12(18)8-15/h10-11H,4-9,15H2,1-3H3,(H,16,19)(H,17,18). The normalized spacial score (nSPS) is 23.0. The van der Waals surface area contributed by atoms with Crippen molar-refractivity contribution in [1.82, 2.24) is 10.6 Å². The van der Waals surface area contributed by atoms with E-state index in [2.05, 4.69) is 10.6 Å². The van der Waals surface area contributed by atoms with Gasteiger partial charge in [0.25, 0.3) is 0 Å². The quantitative estimate of drug-likeness (QED) is 0.722. The number of nitrogens with two attached hydrogens (primary N) is 1. The summed E-state index contributed by atoms with van der Waals surface area (Å²) in [6.07, 6.45) is 3.49. The van der Waals surface area contributed by atoms with E-state index in [1.54, 1.807) is 0 Å². The maximum absolute atomic E-state index is 11.5. The molecule has 20 heavy (non-hydrogen) atoms. The fraction of sp³-hybridized carbons (Fsp3) is 0.857. The minimum absolute atomic E-state index is 0.0418. The summed E-state index contributed by atoms with van der Waals surface area (Å²) < 4.78 is 5.20. The highest BCUT2D eigenvalue weighted by Gasteiger charge is 2.23. The highest BCUT2D eigenvalue weighted by Crippen LogP contribution is 2.23. The van der Waals surface area contributed by atoms with Gasteiger partial charge < -0.3 is 21.1 Å². The molecule has 0 unspecified atom stereocenters. The van der Waals surface area contributed by atoms with Gasteiger partial charge in [0.1, 0.15) is 5.60 Å². The van der Waals surface area contributed by atoms with Crippen LogP contribution in [0.4, 0.5) is 4.79 Å². The highest BCUT2D eigenvalue weighted by molar-refractivity contribution is 5.78. The van der Waals surface area contributed by atoms with E-state index in [9.17, 15) is 9.59 Å². The second-order valence-corrected chi connectivity index (χ2v) is 6.37. The molecule has 1 aliphatic rings. The minimum Gasteiger partial charge on any atom is -0.444 e. The first kappa shape index (κ1) is 16.8. The van der Waals surface area contributed by atoms with Gasteiger partial charge in [-0.25, -0.2) is 4.79 Å². The first-order valence-corrected chi connectivity index (χ1v) is 7.26. The molecule has 6 nitrogen and oxygen atoms in total. The molecule has 0 radical (unpaired) electrons. The third-order valence-corrected chi connectivity index (χ3v) is 3.33. The van der Waals surface area contributed by atoms with Crippen LogP contribution in [-0.4, -0.2) is 36.7 Å². The van der Waals surface area contributed by atoms with Crippen molar-refractivity contribution in [2.24, 2.45) is 11.7 Å². The van der Waals surface area contributed by atoms with E-state index in [4.69, 9.17) is 10.5 Å². The molecule has 0 heterocycles. The molecule has 2 amide bonds. The van der Waals surface area contributed by atoms with Gasteiger partial charge in [-0.15, -0.1) is 0 Å². The van der Waals surface area contributed by atoms with Gasteiger partial charge in [-0.3, -0.25) is 4.79 Å². The smallest absolute Gasteiger partial charge is 0.407 e. The molecular weight excluding hydrogens is 258 g/mol. The van der Waals surface area contributed by atoms with Crippen LogP contribution in [0.15, 0.2) is 0 Å². The second-order valence-electron chi connectivity index (χ2n) is 6.37. The Morgan fingerprint density at radius 3 is 2.30 bits per heavy atom. The first-order chi connectivity index (χ1) is 9.30. The third-order valence-electron chi connectivity index (χ3n) is 3.33. The molecule has 0 saturated heterocycles. The molecular formula is C14H27N3O3. The Morgan fingerprint density at radius 2 is 1.80 bits per heavy atom. The second kappa shape index (κ2) is 7.47. The van der Waals surface area contributed by atoms with E-state index in [0.29, 0.717) is 12.5 Å². The van der Waals surface area contributed by atoms with Crippen LogP contribution in [-0.2, 0) is 9.53 Å². The Balaban J connectivity index is 2.19. The molecule has 0 bridgehead atoms. The average Bonchev–Trinajstić information content (AvgIpc) is 2.36. The number of nitrogens with one attached hydrogen (secondary N) is 2. The van der Waals surface area contributed by atoms with Crippen molar-refractivity contribution >= 4 is 12.0 Å². The zero-order valence-corrected chi connectivity index (χ0v) is 12.7. The predicted molar refractivity (Wildman–Crippen MR) is 77.2 cm³/mol. The molecule has 0 aromatic carbocycles. The molecule has 6 heteroatoms. The summed E-state index contributed by atoms with van der Waals surface area (Å²) >= 11 is 0. The van der Waals surface area contributed by atoms with E-state index in [1.165, 1.54) is 0 Å². The van der Waals surface area contributed by atoms with Crippen LogP contribution >= 0.6 is 0 Å². The number of ether oxygens (including phenoxy) is 1. The van der Waals surface area contributed by atoms with Gasteiger partial charge in [-0.2, -0.15) is 0 Å². The fourth-order valence-corrected chi connectivity index (χ4v) is 2.34. The summed E-state index contributed by atoms with van der Waals surface area (Å²) in [5.74, 6) is 0.355. The van der Waals surface area contributed by atoms with Gasteiger partial charge in [0, 0.05) is 12.6 Å². The van der Waals surface area contributed by atoms with Crippen molar-refractivity contribution in [2.45, 2.75) is 58.1 Å². The van der Waals surface area contributed by atoms with Gasteiger partial charge >= 0.3 is 6.09 Å². The molecule has 1 rings (SSSR count). The fourth-order valence-electron chi connectivity index (χ4n) is 2.34. The number of carbonyl (C=O) groups excluding carboxylic acids is 2. The Bertz CT molecular complexity index is 331. The van der Waals surface area contributed by atoms with E-state index < -0.39 is 5.60 Å². The predicted octanol–water partition coefficient (Wildman–Crippen LogP) is 1.14.